The van der Waals surface area contributed by atoms with E-state index >= 15 is 0 Å². The Hall–Kier alpha value is -1.95. The predicted octanol–water partition coefficient (Wildman–Crippen LogP) is 0.469. The summed E-state index contributed by atoms with van der Waals surface area (Å²) in [6.45, 7) is 0.655. The highest BCUT2D eigenvalue weighted by molar-refractivity contribution is 5.73. The molecule has 0 atom stereocenters. The zero-order valence-electron chi connectivity index (χ0n) is 9.22. The maximum absolute atomic E-state index is 11.0. The average molecular weight is 235 g/mol. The van der Waals surface area contributed by atoms with E-state index in [1.807, 2.05) is 0 Å². The van der Waals surface area contributed by atoms with Gasteiger partial charge in [0.25, 0.3) is 0 Å². The number of nitrogens with zero attached hydrogens (tertiary/aromatic N) is 2. The minimum atomic E-state index is -0.428. The first kappa shape index (κ1) is 11.5. The van der Waals surface area contributed by atoms with E-state index < -0.39 is 5.69 Å². The summed E-state index contributed by atoms with van der Waals surface area (Å²) >= 11 is 0. The quantitative estimate of drug-likeness (QED) is 0.735. The van der Waals surface area contributed by atoms with E-state index in [4.69, 9.17) is 9.84 Å². The minimum absolute atomic E-state index is 0.160. The first-order chi connectivity index (χ1) is 8.29. The van der Waals surface area contributed by atoms with Crippen LogP contribution < -0.4 is 10.4 Å². The monoisotopic (exact) mass is 235 g/mol. The SMILES string of the molecule is O=c1ncc2ccc(OCCCCO)nc2[nH]1. The van der Waals surface area contributed by atoms with Crippen LogP contribution in [0.4, 0.5) is 0 Å². The number of ether oxygens (including phenoxy) is 1. The Balaban J connectivity index is 2.11. The van der Waals surface area contributed by atoms with Crippen molar-refractivity contribution in [1.82, 2.24) is 15.0 Å². The number of nitrogens with one attached hydrogen (secondary N) is 1. The van der Waals surface area contributed by atoms with Crippen molar-refractivity contribution in [3.8, 4) is 5.88 Å². The van der Waals surface area contributed by atoms with E-state index in [1.54, 1.807) is 12.1 Å². The zero-order chi connectivity index (χ0) is 12.1. The van der Waals surface area contributed by atoms with Crippen LogP contribution in [0.3, 0.4) is 0 Å². The molecule has 0 aliphatic rings. The molecule has 0 bridgehead atoms. The fourth-order valence-electron chi connectivity index (χ4n) is 1.39. The molecule has 6 nitrogen and oxygen atoms in total. The van der Waals surface area contributed by atoms with Gasteiger partial charge in [-0.05, 0) is 18.9 Å². The molecule has 0 spiro atoms. The van der Waals surface area contributed by atoms with E-state index in [-0.39, 0.29) is 6.61 Å². The summed E-state index contributed by atoms with van der Waals surface area (Å²) in [6, 6.07) is 3.51. The second kappa shape index (κ2) is 5.40. The second-order valence-corrected chi connectivity index (χ2v) is 3.55. The van der Waals surface area contributed by atoms with Gasteiger partial charge in [0.2, 0.25) is 5.88 Å². The lowest BCUT2D eigenvalue weighted by molar-refractivity contribution is 0.249. The van der Waals surface area contributed by atoms with Crippen molar-refractivity contribution in [2.45, 2.75) is 12.8 Å². The van der Waals surface area contributed by atoms with Crippen LogP contribution in [0, 0.1) is 0 Å². The summed E-state index contributed by atoms with van der Waals surface area (Å²) in [4.78, 5) is 21.3. The highest BCUT2D eigenvalue weighted by Gasteiger charge is 2.00. The van der Waals surface area contributed by atoms with Crippen LogP contribution in [0.2, 0.25) is 0 Å². The van der Waals surface area contributed by atoms with Crippen molar-refractivity contribution in [3.05, 3.63) is 28.8 Å². The topological polar surface area (TPSA) is 88.1 Å². The molecule has 2 heterocycles. The van der Waals surface area contributed by atoms with Gasteiger partial charge in [-0.15, -0.1) is 0 Å². The zero-order valence-corrected chi connectivity index (χ0v) is 9.22. The molecule has 0 fully saturated rings. The Bertz CT molecular complexity index is 553. The normalized spacial score (nSPS) is 10.6. The Labute approximate surface area is 97.3 Å². The minimum Gasteiger partial charge on any atom is -0.478 e. The Morgan fingerprint density at radius 2 is 2.24 bits per heavy atom. The molecule has 90 valence electrons. The Kier molecular flexibility index (Phi) is 3.66. The van der Waals surface area contributed by atoms with E-state index in [2.05, 4.69) is 15.0 Å². The molecule has 2 N–H and O–H groups in total. The standard InChI is InChI=1S/C11H13N3O3/c15-5-1-2-6-17-9-4-3-8-7-12-11(16)14-10(8)13-9/h3-4,7,15H,1-2,5-6H2,(H,12,13,14,16). The van der Waals surface area contributed by atoms with Gasteiger partial charge in [-0.3, -0.25) is 4.98 Å². The summed E-state index contributed by atoms with van der Waals surface area (Å²) in [6.07, 6.45) is 2.94. The molecule has 6 heteroatoms. The third kappa shape index (κ3) is 3.01. The molecule has 0 saturated carbocycles. The van der Waals surface area contributed by atoms with Crippen molar-refractivity contribution in [2.75, 3.05) is 13.2 Å². The molecule has 0 radical (unpaired) electrons. The molecular weight excluding hydrogens is 222 g/mol. The smallest absolute Gasteiger partial charge is 0.346 e. The van der Waals surface area contributed by atoms with Crippen LogP contribution in [0.25, 0.3) is 11.0 Å². The van der Waals surface area contributed by atoms with Crippen LogP contribution in [-0.2, 0) is 0 Å². The number of rotatable bonds is 5. The summed E-state index contributed by atoms with van der Waals surface area (Å²) in [7, 11) is 0. The average Bonchev–Trinajstić information content (AvgIpc) is 2.34. The third-order valence-corrected chi connectivity index (χ3v) is 2.25. The number of aromatic nitrogens is 3. The fraction of sp³-hybridized carbons (Fsp3) is 0.364. The van der Waals surface area contributed by atoms with Crippen LogP contribution in [-0.4, -0.2) is 33.3 Å². The Morgan fingerprint density at radius 3 is 3.06 bits per heavy atom. The molecule has 2 aromatic rings. The van der Waals surface area contributed by atoms with Crippen molar-refractivity contribution < 1.29 is 9.84 Å². The molecule has 0 amide bonds. The Morgan fingerprint density at radius 1 is 1.35 bits per heavy atom. The number of H-pyrrole nitrogens is 1. The highest BCUT2D eigenvalue weighted by Crippen LogP contribution is 2.12. The molecule has 2 rings (SSSR count). The number of hydrogen-bond acceptors (Lipinski definition) is 5. The summed E-state index contributed by atoms with van der Waals surface area (Å²) in [5.41, 5.74) is 0.0343. The molecule has 0 aliphatic heterocycles. The third-order valence-electron chi connectivity index (χ3n) is 2.25. The molecule has 17 heavy (non-hydrogen) atoms. The first-order valence-corrected chi connectivity index (χ1v) is 5.39. The van der Waals surface area contributed by atoms with Gasteiger partial charge in [0.1, 0.15) is 5.65 Å². The van der Waals surface area contributed by atoms with Gasteiger partial charge in [-0.1, -0.05) is 0 Å². The highest BCUT2D eigenvalue weighted by atomic mass is 16.5. The molecule has 0 saturated heterocycles. The van der Waals surface area contributed by atoms with E-state index in [0.29, 0.717) is 24.6 Å². The van der Waals surface area contributed by atoms with Gasteiger partial charge >= 0.3 is 5.69 Å². The summed E-state index contributed by atoms with van der Waals surface area (Å²) in [5, 5.41) is 9.37. The van der Waals surface area contributed by atoms with Crippen molar-refractivity contribution >= 4 is 11.0 Å². The first-order valence-electron chi connectivity index (χ1n) is 5.39. The number of aromatic amines is 1. The van der Waals surface area contributed by atoms with Crippen molar-refractivity contribution in [1.29, 1.82) is 0 Å². The lowest BCUT2D eigenvalue weighted by atomic mass is 10.3. The van der Waals surface area contributed by atoms with E-state index in [9.17, 15) is 4.79 Å². The maximum atomic E-state index is 11.0. The summed E-state index contributed by atoms with van der Waals surface area (Å²) < 4.78 is 5.39. The largest absolute Gasteiger partial charge is 0.478 e. The van der Waals surface area contributed by atoms with Gasteiger partial charge in [-0.2, -0.15) is 4.98 Å². The fourth-order valence-corrected chi connectivity index (χ4v) is 1.39. The number of fused-ring (bicyclic) bond motifs is 1. The van der Waals surface area contributed by atoms with Gasteiger partial charge in [0.05, 0.1) is 6.61 Å². The van der Waals surface area contributed by atoms with E-state index in [0.717, 1.165) is 11.8 Å². The van der Waals surface area contributed by atoms with Crippen molar-refractivity contribution in [3.63, 3.8) is 0 Å². The van der Waals surface area contributed by atoms with Gasteiger partial charge in [0, 0.05) is 24.3 Å². The van der Waals surface area contributed by atoms with Crippen molar-refractivity contribution in [2.24, 2.45) is 0 Å². The number of unbranched alkanes of at least 4 members (excludes halogenated alkanes) is 1. The second-order valence-electron chi connectivity index (χ2n) is 3.55. The number of aliphatic hydroxyl groups is 1. The van der Waals surface area contributed by atoms with Crippen LogP contribution >= 0.6 is 0 Å². The van der Waals surface area contributed by atoms with Crippen LogP contribution in [0.5, 0.6) is 5.88 Å². The summed E-state index contributed by atoms with van der Waals surface area (Å²) in [5.74, 6) is 0.456. The number of pyridine rings is 1. The van der Waals surface area contributed by atoms with Crippen LogP contribution in [0.15, 0.2) is 23.1 Å². The molecule has 0 unspecified atom stereocenters. The number of hydrogen-bond donors (Lipinski definition) is 2. The molecule has 0 aromatic carbocycles. The van der Waals surface area contributed by atoms with Gasteiger partial charge in [0.15, 0.2) is 0 Å². The molecular formula is C11H13N3O3. The van der Waals surface area contributed by atoms with Crippen LogP contribution in [0.1, 0.15) is 12.8 Å². The van der Waals surface area contributed by atoms with E-state index in [1.165, 1.54) is 6.20 Å². The molecule has 0 aliphatic carbocycles. The predicted molar refractivity (Wildman–Crippen MR) is 62.0 cm³/mol. The lowest BCUT2D eigenvalue weighted by Crippen LogP contribution is -2.09. The number of aliphatic hydroxyl groups excluding tert-OH is 1. The lowest BCUT2D eigenvalue weighted by Gasteiger charge is -2.04. The molecule has 2 aromatic heterocycles. The van der Waals surface area contributed by atoms with Gasteiger partial charge < -0.3 is 9.84 Å². The maximum Gasteiger partial charge on any atom is 0.346 e. The van der Waals surface area contributed by atoms with Gasteiger partial charge in [-0.25, -0.2) is 9.78 Å².